The molecule has 0 heterocycles. The van der Waals surface area contributed by atoms with Crippen LogP contribution < -0.4 is 5.73 Å². The molecule has 0 aliphatic heterocycles. The van der Waals surface area contributed by atoms with Crippen molar-refractivity contribution in [1.82, 2.24) is 0 Å². The number of nitrogens with two attached hydrogens (primary N) is 1. The number of benzene rings is 2. The van der Waals surface area contributed by atoms with Crippen molar-refractivity contribution in [2.24, 2.45) is 0 Å². The molecule has 0 fully saturated rings. The molecule has 2 aromatic carbocycles. The summed E-state index contributed by atoms with van der Waals surface area (Å²) in [4.78, 5) is 1.70. The highest BCUT2D eigenvalue weighted by Gasteiger charge is 2.07. The van der Waals surface area contributed by atoms with E-state index in [0.29, 0.717) is 10.6 Å². The van der Waals surface area contributed by atoms with E-state index in [2.05, 4.69) is 0 Å². The minimum atomic E-state index is -0.448. The zero-order valence-electron chi connectivity index (χ0n) is 9.21. The van der Waals surface area contributed by atoms with Crippen molar-refractivity contribution in [1.29, 1.82) is 0 Å². The van der Waals surface area contributed by atoms with Crippen LogP contribution >= 0.6 is 23.4 Å². The van der Waals surface area contributed by atoms with Crippen LogP contribution in [0.1, 0.15) is 5.56 Å². The highest BCUT2D eigenvalue weighted by molar-refractivity contribution is 7.99. The topological polar surface area (TPSA) is 26.0 Å². The van der Waals surface area contributed by atoms with E-state index in [1.807, 2.05) is 31.2 Å². The molecular formula is C13H11ClFNS. The summed E-state index contributed by atoms with van der Waals surface area (Å²) in [5.41, 5.74) is 7.45. The van der Waals surface area contributed by atoms with Gasteiger partial charge in [0.2, 0.25) is 0 Å². The van der Waals surface area contributed by atoms with Crippen molar-refractivity contribution in [3.8, 4) is 0 Å². The van der Waals surface area contributed by atoms with Crippen molar-refractivity contribution in [3.63, 3.8) is 0 Å². The molecule has 17 heavy (non-hydrogen) atoms. The fraction of sp³-hybridized carbons (Fsp3) is 0.0769. The van der Waals surface area contributed by atoms with Crippen LogP contribution in [0.3, 0.4) is 0 Å². The molecule has 0 unspecified atom stereocenters. The Kier molecular flexibility index (Phi) is 3.60. The van der Waals surface area contributed by atoms with Crippen LogP contribution in [0.5, 0.6) is 0 Å². The lowest BCUT2D eigenvalue weighted by atomic mass is 10.2. The normalized spacial score (nSPS) is 10.5. The summed E-state index contributed by atoms with van der Waals surface area (Å²) < 4.78 is 13.3. The number of halogens is 2. The van der Waals surface area contributed by atoms with Crippen molar-refractivity contribution in [2.75, 3.05) is 5.73 Å². The highest BCUT2D eigenvalue weighted by Crippen LogP contribution is 2.35. The molecule has 0 aromatic heterocycles. The molecule has 0 spiro atoms. The van der Waals surface area contributed by atoms with Gasteiger partial charge >= 0.3 is 0 Å². The second kappa shape index (κ2) is 4.98. The van der Waals surface area contributed by atoms with Gasteiger partial charge in [0.05, 0.1) is 5.02 Å². The van der Waals surface area contributed by atoms with E-state index >= 15 is 0 Å². The molecule has 0 radical (unpaired) electrons. The summed E-state index contributed by atoms with van der Waals surface area (Å²) in [5, 5.41) is 0.0519. The first-order valence-corrected chi connectivity index (χ1v) is 6.25. The van der Waals surface area contributed by atoms with Crippen molar-refractivity contribution >= 4 is 29.1 Å². The molecule has 0 aliphatic rings. The van der Waals surface area contributed by atoms with Gasteiger partial charge in [-0.25, -0.2) is 4.39 Å². The summed E-state index contributed by atoms with van der Waals surface area (Å²) in [5.74, 6) is -0.448. The van der Waals surface area contributed by atoms with Gasteiger partial charge in [0.1, 0.15) is 5.82 Å². The van der Waals surface area contributed by atoms with Crippen LogP contribution in [-0.4, -0.2) is 0 Å². The van der Waals surface area contributed by atoms with E-state index < -0.39 is 5.82 Å². The van der Waals surface area contributed by atoms with Crippen LogP contribution in [-0.2, 0) is 0 Å². The van der Waals surface area contributed by atoms with Gasteiger partial charge in [-0.15, -0.1) is 0 Å². The minimum absolute atomic E-state index is 0.0519. The zero-order valence-corrected chi connectivity index (χ0v) is 10.8. The molecule has 0 amide bonds. The number of aryl methyl sites for hydroxylation is 1. The van der Waals surface area contributed by atoms with E-state index in [0.717, 1.165) is 10.5 Å². The van der Waals surface area contributed by atoms with Crippen LogP contribution in [0.4, 0.5) is 10.1 Å². The van der Waals surface area contributed by atoms with Crippen LogP contribution in [0.15, 0.2) is 46.2 Å². The quantitative estimate of drug-likeness (QED) is 0.810. The largest absolute Gasteiger partial charge is 0.398 e. The van der Waals surface area contributed by atoms with Gasteiger partial charge in [0.15, 0.2) is 0 Å². The molecular weight excluding hydrogens is 257 g/mol. The fourth-order valence-electron chi connectivity index (χ4n) is 1.44. The first-order chi connectivity index (χ1) is 8.06. The van der Waals surface area contributed by atoms with Crippen molar-refractivity contribution in [2.45, 2.75) is 16.7 Å². The van der Waals surface area contributed by atoms with Crippen molar-refractivity contribution < 1.29 is 4.39 Å². The Morgan fingerprint density at radius 2 is 2.00 bits per heavy atom. The number of hydrogen-bond acceptors (Lipinski definition) is 2. The predicted molar refractivity (Wildman–Crippen MR) is 71.1 cm³/mol. The average Bonchev–Trinajstić information content (AvgIpc) is 2.26. The Morgan fingerprint density at radius 3 is 2.71 bits per heavy atom. The first kappa shape index (κ1) is 12.3. The lowest BCUT2D eigenvalue weighted by Crippen LogP contribution is -1.90. The molecule has 0 bridgehead atoms. The average molecular weight is 268 g/mol. The lowest BCUT2D eigenvalue weighted by molar-refractivity contribution is 0.625. The number of rotatable bonds is 2. The van der Waals surface area contributed by atoms with E-state index in [1.165, 1.54) is 23.9 Å². The molecule has 0 aliphatic carbocycles. The standard InChI is InChI=1S/C13H11ClFNS/c1-8-3-2-4-9(5-8)17-13-7-11(15)10(14)6-12(13)16/h2-7H,16H2,1H3. The van der Waals surface area contributed by atoms with E-state index in [4.69, 9.17) is 17.3 Å². The maximum atomic E-state index is 13.3. The molecule has 0 saturated carbocycles. The predicted octanol–water partition coefficient (Wildman–Crippen LogP) is 4.52. The van der Waals surface area contributed by atoms with Crippen LogP contribution in [0.25, 0.3) is 0 Å². The summed E-state index contributed by atoms with van der Waals surface area (Å²) in [7, 11) is 0. The maximum absolute atomic E-state index is 13.3. The van der Waals surface area contributed by atoms with E-state index in [9.17, 15) is 4.39 Å². The van der Waals surface area contributed by atoms with Crippen LogP contribution in [0.2, 0.25) is 5.02 Å². The second-order valence-electron chi connectivity index (χ2n) is 3.72. The number of nitrogen functional groups attached to an aromatic ring is 1. The minimum Gasteiger partial charge on any atom is -0.398 e. The van der Waals surface area contributed by atoms with Gasteiger partial charge in [-0.2, -0.15) is 0 Å². The van der Waals surface area contributed by atoms with E-state index in [1.54, 1.807) is 0 Å². The maximum Gasteiger partial charge on any atom is 0.143 e. The third kappa shape index (κ3) is 2.93. The van der Waals surface area contributed by atoms with Gasteiger partial charge in [0.25, 0.3) is 0 Å². The Bertz CT molecular complexity index is 557. The lowest BCUT2D eigenvalue weighted by Gasteiger charge is -2.07. The monoisotopic (exact) mass is 267 g/mol. The Labute approximate surface area is 109 Å². The first-order valence-electron chi connectivity index (χ1n) is 5.05. The molecule has 2 aromatic rings. The summed E-state index contributed by atoms with van der Waals surface area (Å²) in [6, 6.07) is 10.8. The fourth-order valence-corrected chi connectivity index (χ4v) is 2.59. The van der Waals surface area contributed by atoms with E-state index in [-0.39, 0.29) is 5.02 Å². The second-order valence-corrected chi connectivity index (χ2v) is 5.25. The van der Waals surface area contributed by atoms with Gasteiger partial charge in [-0.3, -0.25) is 0 Å². The molecule has 2 N–H and O–H groups in total. The molecule has 4 heteroatoms. The Balaban J connectivity index is 2.33. The number of anilines is 1. The van der Waals surface area contributed by atoms with Gasteiger partial charge in [-0.05, 0) is 31.2 Å². The van der Waals surface area contributed by atoms with Crippen molar-refractivity contribution in [3.05, 3.63) is 52.8 Å². The van der Waals surface area contributed by atoms with Gasteiger partial charge < -0.3 is 5.73 Å². The zero-order chi connectivity index (χ0) is 12.4. The molecule has 0 atom stereocenters. The molecule has 0 saturated heterocycles. The smallest absolute Gasteiger partial charge is 0.143 e. The SMILES string of the molecule is Cc1cccc(Sc2cc(F)c(Cl)cc2N)c1. The number of hydrogen-bond donors (Lipinski definition) is 1. The Morgan fingerprint density at radius 1 is 1.24 bits per heavy atom. The summed E-state index contributed by atoms with van der Waals surface area (Å²) in [6.45, 7) is 2.01. The van der Waals surface area contributed by atoms with Crippen LogP contribution in [0, 0.1) is 12.7 Å². The summed E-state index contributed by atoms with van der Waals surface area (Å²) in [6.07, 6.45) is 0. The third-order valence-electron chi connectivity index (χ3n) is 2.27. The Hall–Kier alpha value is -1.19. The third-order valence-corrected chi connectivity index (χ3v) is 3.62. The molecule has 1 nitrogen and oxygen atoms in total. The van der Waals surface area contributed by atoms with Gasteiger partial charge in [-0.1, -0.05) is 41.1 Å². The molecule has 88 valence electrons. The highest BCUT2D eigenvalue weighted by atomic mass is 35.5. The molecule has 2 rings (SSSR count). The van der Waals surface area contributed by atoms with Gasteiger partial charge in [0, 0.05) is 15.5 Å². The summed E-state index contributed by atoms with van der Waals surface area (Å²) >= 11 is 7.08.